The first-order chi connectivity index (χ1) is 7.78. The Kier molecular flexibility index (Phi) is 4.36. The minimum absolute atomic E-state index is 0.113. The number of carboxylic acids is 1. The summed E-state index contributed by atoms with van der Waals surface area (Å²) in [5.41, 5.74) is 0. The Hall–Kier alpha value is -1.27. The number of hydrogen-bond acceptors (Lipinski definition) is 2. The largest absolute Gasteiger partial charge is 0.480 e. The fourth-order valence-corrected chi connectivity index (χ4v) is 1.64. The Morgan fingerprint density at radius 2 is 1.94 bits per heavy atom. The number of rotatable bonds is 5. The van der Waals surface area contributed by atoms with E-state index in [0.29, 0.717) is 0 Å². The van der Waals surface area contributed by atoms with Crippen LogP contribution in [0.25, 0.3) is 0 Å². The van der Waals surface area contributed by atoms with E-state index in [0.717, 1.165) is 19.3 Å². The van der Waals surface area contributed by atoms with Crippen molar-refractivity contribution in [1.29, 1.82) is 0 Å². The summed E-state index contributed by atoms with van der Waals surface area (Å²) >= 11 is 0. The maximum Gasteiger partial charge on any atom is 0.391 e. The lowest BCUT2D eigenvalue weighted by Crippen LogP contribution is -2.44. The van der Waals surface area contributed by atoms with E-state index in [4.69, 9.17) is 5.11 Å². The third kappa shape index (κ3) is 5.06. The highest BCUT2D eigenvalue weighted by molar-refractivity contribution is 5.83. The van der Waals surface area contributed by atoms with Crippen molar-refractivity contribution in [2.24, 2.45) is 5.92 Å². The third-order valence-corrected chi connectivity index (χ3v) is 2.77. The second kappa shape index (κ2) is 5.37. The molecule has 0 aliphatic heterocycles. The van der Waals surface area contributed by atoms with Crippen LogP contribution in [0.15, 0.2) is 0 Å². The molecule has 1 rings (SSSR count). The predicted molar refractivity (Wildman–Crippen MR) is 52.2 cm³/mol. The summed E-state index contributed by atoms with van der Waals surface area (Å²) in [5.74, 6) is -2.09. The Bertz CT molecular complexity index is 300. The molecule has 1 saturated carbocycles. The lowest BCUT2D eigenvalue weighted by atomic mass is 9.83. The molecule has 0 aromatic rings. The van der Waals surface area contributed by atoms with E-state index in [2.05, 4.69) is 0 Å². The number of carboxylic acid groups (broad SMARTS) is 1. The highest BCUT2D eigenvalue weighted by Crippen LogP contribution is 2.29. The maximum atomic E-state index is 12.0. The van der Waals surface area contributed by atoms with Crippen LogP contribution in [0.2, 0.25) is 0 Å². The van der Waals surface area contributed by atoms with Crippen molar-refractivity contribution < 1.29 is 27.9 Å². The average molecular weight is 253 g/mol. The van der Waals surface area contributed by atoms with E-state index in [1.54, 1.807) is 0 Å². The van der Waals surface area contributed by atoms with Crippen LogP contribution in [0.1, 0.15) is 32.1 Å². The fourth-order valence-electron chi connectivity index (χ4n) is 1.64. The molecule has 0 aromatic carbocycles. The van der Waals surface area contributed by atoms with E-state index in [9.17, 15) is 22.8 Å². The van der Waals surface area contributed by atoms with Crippen molar-refractivity contribution in [3.05, 3.63) is 0 Å². The van der Waals surface area contributed by atoms with Crippen molar-refractivity contribution in [3.8, 4) is 0 Å². The summed E-state index contributed by atoms with van der Waals surface area (Å²) in [4.78, 5) is 21.9. The van der Waals surface area contributed by atoms with Crippen molar-refractivity contribution >= 4 is 11.9 Å². The second-order valence-electron chi connectivity index (χ2n) is 4.28. The van der Waals surface area contributed by atoms with E-state index in [1.807, 2.05) is 5.32 Å². The van der Waals surface area contributed by atoms with Crippen LogP contribution in [-0.2, 0) is 9.59 Å². The van der Waals surface area contributed by atoms with Gasteiger partial charge in [-0.15, -0.1) is 0 Å². The van der Waals surface area contributed by atoms with Crippen molar-refractivity contribution in [2.75, 3.05) is 0 Å². The van der Waals surface area contributed by atoms with E-state index >= 15 is 0 Å². The number of carbonyl (C=O) groups excluding carboxylic acids is 1. The maximum absolute atomic E-state index is 12.0. The number of aliphatic carboxylic acids is 1. The zero-order valence-electron chi connectivity index (χ0n) is 9.09. The van der Waals surface area contributed by atoms with Crippen LogP contribution in [0, 0.1) is 5.92 Å². The van der Waals surface area contributed by atoms with Gasteiger partial charge in [-0.1, -0.05) is 6.42 Å². The molecular weight excluding hydrogens is 239 g/mol. The minimum atomic E-state index is -4.60. The van der Waals surface area contributed by atoms with Gasteiger partial charge in [-0.25, -0.2) is 4.79 Å². The van der Waals surface area contributed by atoms with Gasteiger partial charge in [0, 0.05) is 6.42 Å². The highest BCUT2D eigenvalue weighted by atomic mass is 19.4. The van der Waals surface area contributed by atoms with Gasteiger partial charge >= 0.3 is 12.1 Å². The molecule has 98 valence electrons. The summed E-state index contributed by atoms with van der Waals surface area (Å²) in [6, 6.07) is -1.89. The predicted octanol–water partition coefficient (Wildman–Crippen LogP) is 1.70. The van der Waals surface area contributed by atoms with Crippen molar-refractivity contribution in [1.82, 2.24) is 5.32 Å². The van der Waals surface area contributed by atoms with Crippen molar-refractivity contribution in [3.63, 3.8) is 0 Å². The number of halogens is 3. The smallest absolute Gasteiger partial charge is 0.391 e. The molecular formula is C10H14F3NO3. The average Bonchev–Trinajstić information content (AvgIpc) is 2.08. The quantitative estimate of drug-likeness (QED) is 0.783. The Morgan fingerprint density at radius 3 is 2.29 bits per heavy atom. The first-order valence-electron chi connectivity index (χ1n) is 5.37. The highest BCUT2D eigenvalue weighted by Gasteiger charge is 2.36. The zero-order valence-corrected chi connectivity index (χ0v) is 9.09. The van der Waals surface area contributed by atoms with Gasteiger partial charge in [0.15, 0.2) is 0 Å². The molecule has 1 unspecified atom stereocenters. The number of hydrogen-bond donors (Lipinski definition) is 2. The number of nitrogens with one attached hydrogen (secondary N) is 1. The van der Waals surface area contributed by atoms with E-state index in [1.165, 1.54) is 0 Å². The molecule has 0 spiro atoms. The molecule has 0 heterocycles. The summed E-state index contributed by atoms with van der Waals surface area (Å²) in [6.45, 7) is 0. The van der Waals surface area contributed by atoms with Crippen LogP contribution in [0.3, 0.4) is 0 Å². The summed E-state index contributed by atoms with van der Waals surface area (Å²) in [5, 5.41) is 10.5. The van der Waals surface area contributed by atoms with Gasteiger partial charge in [-0.05, 0) is 18.8 Å². The van der Waals surface area contributed by atoms with Gasteiger partial charge in [0.25, 0.3) is 0 Å². The lowest BCUT2D eigenvalue weighted by Gasteiger charge is -2.25. The first kappa shape index (κ1) is 13.8. The molecule has 1 atom stereocenters. The SMILES string of the molecule is O=C(CC1CCC1)NC(CC(F)(F)F)C(=O)O. The van der Waals surface area contributed by atoms with Crippen LogP contribution in [0.4, 0.5) is 13.2 Å². The van der Waals surface area contributed by atoms with Crippen LogP contribution in [0.5, 0.6) is 0 Å². The Balaban J connectivity index is 2.42. The van der Waals surface area contributed by atoms with Crippen LogP contribution in [-0.4, -0.2) is 29.2 Å². The molecule has 2 N–H and O–H groups in total. The number of amides is 1. The Morgan fingerprint density at radius 1 is 1.35 bits per heavy atom. The third-order valence-electron chi connectivity index (χ3n) is 2.77. The normalized spacial score (nSPS) is 18.3. The number of carbonyl (C=O) groups is 2. The van der Waals surface area contributed by atoms with Gasteiger partial charge < -0.3 is 10.4 Å². The Labute approximate surface area is 96.2 Å². The molecule has 4 nitrogen and oxygen atoms in total. The number of alkyl halides is 3. The van der Waals surface area contributed by atoms with Crippen LogP contribution >= 0.6 is 0 Å². The molecule has 0 bridgehead atoms. The van der Waals surface area contributed by atoms with Crippen molar-refractivity contribution in [2.45, 2.75) is 44.3 Å². The molecule has 1 amide bonds. The molecule has 1 aliphatic carbocycles. The van der Waals surface area contributed by atoms with Gasteiger partial charge in [0.2, 0.25) is 5.91 Å². The molecule has 1 aliphatic rings. The van der Waals surface area contributed by atoms with Gasteiger partial charge in [-0.2, -0.15) is 13.2 Å². The van der Waals surface area contributed by atoms with E-state index < -0.39 is 30.5 Å². The van der Waals surface area contributed by atoms with E-state index in [-0.39, 0.29) is 12.3 Å². The van der Waals surface area contributed by atoms with Gasteiger partial charge in [0.05, 0.1) is 6.42 Å². The molecule has 0 radical (unpaired) electrons. The second-order valence-corrected chi connectivity index (χ2v) is 4.28. The molecule has 7 heteroatoms. The molecule has 0 aromatic heterocycles. The molecule has 1 fully saturated rings. The van der Waals surface area contributed by atoms with Gasteiger partial charge in [0.1, 0.15) is 6.04 Å². The van der Waals surface area contributed by atoms with Gasteiger partial charge in [-0.3, -0.25) is 4.79 Å². The zero-order chi connectivity index (χ0) is 13.1. The monoisotopic (exact) mass is 253 g/mol. The fraction of sp³-hybridized carbons (Fsp3) is 0.800. The summed E-state index contributed by atoms with van der Waals surface area (Å²) in [7, 11) is 0. The summed E-state index contributed by atoms with van der Waals surface area (Å²) in [6.07, 6.45) is -3.26. The standard InChI is InChI=1S/C10H14F3NO3/c11-10(12,13)5-7(9(16)17)14-8(15)4-6-2-1-3-6/h6-7H,1-5H2,(H,14,15)(H,16,17). The molecule has 0 saturated heterocycles. The van der Waals surface area contributed by atoms with Crippen LogP contribution < -0.4 is 5.32 Å². The lowest BCUT2D eigenvalue weighted by molar-refractivity contribution is -0.160. The minimum Gasteiger partial charge on any atom is -0.480 e. The topological polar surface area (TPSA) is 66.4 Å². The molecule has 17 heavy (non-hydrogen) atoms. The first-order valence-corrected chi connectivity index (χ1v) is 5.37. The summed E-state index contributed by atoms with van der Waals surface area (Å²) < 4.78 is 36.1.